The molecule has 4 unspecified atom stereocenters. The van der Waals surface area contributed by atoms with Crippen LogP contribution in [-0.2, 0) is 14.4 Å². The van der Waals surface area contributed by atoms with Crippen molar-refractivity contribution in [1.29, 1.82) is 0 Å². The van der Waals surface area contributed by atoms with E-state index >= 15 is 0 Å². The lowest BCUT2D eigenvalue weighted by molar-refractivity contribution is -0.155. The molecule has 3 amide bonds. The van der Waals surface area contributed by atoms with E-state index in [1.807, 2.05) is 13.8 Å². The molecule has 0 aromatic heterocycles. The molecule has 1 aliphatic carbocycles. The van der Waals surface area contributed by atoms with Crippen LogP contribution < -0.4 is 16.1 Å². The third kappa shape index (κ3) is 5.88. The Kier molecular flexibility index (Phi) is 8.15. The van der Waals surface area contributed by atoms with Crippen molar-refractivity contribution >= 4 is 40.3 Å². The molecule has 4 rings (SSSR count). The Morgan fingerprint density at radius 1 is 1.29 bits per heavy atom. The van der Waals surface area contributed by atoms with E-state index in [1.165, 1.54) is 23.9 Å². The monoisotopic (exact) mass is 504 g/mol. The van der Waals surface area contributed by atoms with Crippen molar-refractivity contribution in [2.45, 2.75) is 70.7 Å². The van der Waals surface area contributed by atoms with Gasteiger partial charge >= 0.3 is 0 Å². The quantitative estimate of drug-likeness (QED) is 0.503. The fourth-order valence-corrected chi connectivity index (χ4v) is 5.68. The number of amides is 3. The Morgan fingerprint density at radius 2 is 2.09 bits per heavy atom. The number of hydrazone groups is 1. The normalized spacial score (nSPS) is 24.1. The van der Waals surface area contributed by atoms with Crippen LogP contribution in [0.15, 0.2) is 29.4 Å². The van der Waals surface area contributed by atoms with Gasteiger partial charge in [0.1, 0.15) is 5.82 Å². The van der Waals surface area contributed by atoms with Crippen molar-refractivity contribution in [3.63, 3.8) is 0 Å². The molecule has 2 aliphatic heterocycles. The average Bonchev–Trinajstić information content (AvgIpc) is 3.26. The van der Waals surface area contributed by atoms with E-state index in [0.29, 0.717) is 17.4 Å². The van der Waals surface area contributed by atoms with E-state index in [0.717, 1.165) is 32.1 Å². The molecule has 9 nitrogen and oxygen atoms in total. The molecule has 3 N–H and O–H groups in total. The summed E-state index contributed by atoms with van der Waals surface area (Å²) in [6, 6.07) is 5.87. The molecule has 1 saturated carbocycles. The van der Waals surface area contributed by atoms with Crippen LogP contribution in [0.5, 0.6) is 0 Å². The minimum Gasteiger partial charge on any atom is -0.354 e. The van der Waals surface area contributed by atoms with Crippen molar-refractivity contribution in [2.24, 2.45) is 11.0 Å². The first-order valence-electron chi connectivity index (χ1n) is 12.3. The largest absolute Gasteiger partial charge is 0.354 e. The highest BCUT2D eigenvalue weighted by Gasteiger charge is 2.50. The van der Waals surface area contributed by atoms with Crippen LogP contribution in [0.3, 0.4) is 0 Å². The molecule has 35 heavy (non-hydrogen) atoms. The van der Waals surface area contributed by atoms with Crippen molar-refractivity contribution in [1.82, 2.24) is 20.5 Å². The number of fused-ring (bicyclic) bond motifs is 3. The van der Waals surface area contributed by atoms with Crippen LogP contribution >= 0.6 is 11.8 Å². The van der Waals surface area contributed by atoms with Gasteiger partial charge in [0.05, 0.1) is 11.7 Å². The summed E-state index contributed by atoms with van der Waals surface area (Å²) in [4.78, 5) is 42.0. The van der Waals surface area contributed by atoms with Gasteiger partial charge in [-0.3, -0.25) is 19.8 Å². The lowest BCUT2D eigenvalue weighted by atomic mass is 9.81. The minimum atomic E-state index is -0.466. The molecule has 4 atom stereocenters. The van der Waals surface area contributed by atoms with E-state index in [9.17, 15) is 18.8 Å². The Hall–Kier alpha value is -2.82. The molecule has 2 fully saturated rings. The fourth-order valence-electron chi connectivity index (χ4n) is 4.85. The highest BCUT2D eigenvalue weighted by atomic mass is 32.2. The summed E-state index contributed by atoms with van der Waals surface area (Å²) in [5.41, 5.74) is 3.46. The molecule has 0 radical (unpaired) electrons. The van der Waals surface area contributed by atoms with Gasteiger partial charge < -0.3 is 20.4 Å². The molecule has 0 bridgehead atoms. The molecular weight excluding hydrogens is 471 g/mol. The molecule has 1 aromatic carbocycles. The first-order valence-corrected chi connectivity index (χ1v) is 13.3. The second-order valence-corrected chi connectivity index (χ2v) is 10.2. The summed E-state index contributed by atoms with van der Waals surface area (Å²) < 4.78 is 13.4. The standard InChI is InChI=1S/C24H33FN6O3S/c1-3-15(2)26-20(32)11-12-30-22(34)18-9-4-5-10-19(18)31-23(30)28-29-24(31)35-14-21(33)27-17-8-6-7-16(25)13-17/h6-8,13,15,18-19,23,28H,3-5,9-12,14H2,1-2H3,(H,26,32)(H,27,33). The van der Waals surface area contributed by atoms with Crippen LogP contribution in [0.4, 0.5) is 10.1 Å². The number of thioether (sulfide) groups is 1. The highest BCUT2D eigenvalue weighted by molar-refractivity contribution is 8.14. The zero-order chi connectivity index (χ0) is 24.9. The molecule has 1 aromatic rings. The summed E-state index contributed by atoms with van der Waals surface area (Å²) in [6.45, 7) is 4.27. The number of nitrogens with zero attached hydrogens (tertiary/aromatic N) is 3. The number of hydrogen-bond donors (Lipinski definition) is 3. The predicted octanol–water partition coefficient (Wildman–Crippen LogP) is 2.66. The number of carbonyl (C=O) groups excluding carboxylic acids is 3. The van der Waals surface area contributed by atoms with E-state index < -0.39 is 12.1 Å². The van der Waals surface area contributed by atoms with Crippen LogP contribution in [0.25, 0.3) is 0 Å². The number of rotatable bonds is 8. The van der Waals surface area contributed by atoms with Gasteiger partial charge in [-0.05, 0) is 44.4 Å². The van der Waals surface area contributed by atoms with Gasteiger partial charge in [0.2, 0.25) is 17.7 Å². The lowest BCUT2D eigenvalue weighted by Gasteiger charge is -2.50. The van der Waals surface area contributed by atoms with Gasteiger partial charge in [0.25, 0.3) is 0 Å². The molecule has 3 aliphatic rings. The maximum absolute atomic E-state index is 13.4. The van der Waals surface area contributed by atoms with Gasteiger partial charge in [0, 0.05) is 30.7 Å². The maximum atomic E-state index is 13.4. The lowest BCUT2D eigenvalue weighted by Crippen LogP contribution is -2.67. The van der Waals surface area contributed by atoms with Gasteiger partial charge in [0.15, 0.2) is 11.5 Å². The Bertz CT molecular complexity index is 992. The van der Waals surface area contributed by atoms with Gasteiger partial charge in [-0.2, -0.15) is 5.10 Å². The van der Waals surface area contributed by atoms with E-state index in [2.05, 4.69) is 26.1 Å². The number of carbonyl (C=O) groups is 3. The third-order valence-corrected chi connectivity index (χ3v) is 7.75. The second-order valence-electron chi connectivity index (χ2n) is 9.27. The molecule has 1 saturated heterocycles. The zero-order valence-electron chi connectivity index (χ0n) is 20.1. The maximum Gasteiger partial charge on any atom is 0.234 e. The second kappa shape index (κ2) is 11.3. The number of hydrogen-bond acceptors (Lipinski definition) is 7. The van der Waals surface area contributed by atoms with Crippen molar-refractivity contribution in [3.8, 4) is 0 Å². The molecule has 0 spiro atoms. The summed E-state index contributed by atoms with van der Waals surface area (Å²) >= 11 is 1.29. The van der Waals surface area contributed by atoms with E-state index in [1.54, 1.807) is 17.0 Å². The van der Waals surface area contributed by atoms with Crippen molar-refractivity contribution < 1.29 is 18.8 Å². The fraction of sp³-hybridized carbons (Fsp3) is 0.583. The molecule has 2 heterocycles. The summed E-state index contributed by atoms with van der Waals surface area (Å²) in [5.74, 6) is -0.745. The van der Waals surface area contributed by atoms with Crippen LogP contribution in [0.2, 0.25) is 0 Å². The van der Waals surface area contributed by atoms with Crippen molar-refractivity contribution in [2.75, 3.05) is 17.6 Å². The van der Waals surface area contributed by atoms with Gasteiger partial charge in [-0.1, -0.05) is 37.6 Å². The minimum absolute atomic E-state index is 0.0129. The van der Waals surface area contributed by atoms with E-state index in [-0.39, 0.29) is 47.9 Å². The Labute approximate surface area is 209 Å². The molecular formula is C24H33FN6O3S. The Balaban J connectivity index is 1.41. The summed E-state index contributed by atoms with van der Waals surface area (Å²) in [7, 11) is 0. The van der Waals surface area contributed by atoms with Crippen molar-refractivity contribution in [3.05, 3.63) is 30.1 Å². The van der Waals surface area contributed by atoms with Gasteiger partial charge in [-0.15, -0.1) is 0 Å². The SMILES string of the molecule is CCC(C)NC(=O)CCN1C(=O)C2CCCCC2N2C(SCC(=O)Nc3cccc(F)c3)=NNC12. The van der Waals surface area contributed by atoms with Crippen LogP contribution in [-0.4, -0.2) is 63.4 Å². The molecule has 11 heteroatoms. The highest BCUT2D eigenvalue weighted by Crippen LogP contribution is 2.38. The molecule has 190 valence electrons. The van der Waals surface area contributed by atoms with Crippen LogP contribution in [0, 0.1) is 11.7 Å². The summed E-state index contributed by atoms with van der Waals surface area (Å²) in [6.07, 6.45) is 4.32. The number of benzene rings is 1. The number of halogens is 1. The first kappa shape index (κ1) is 25.3. The Morgan fingerprint density at radius 3 is 2.86 bits per heavy atom. The average molecular weight is 505 g/mol. The number of anilines is 1. The van der Waals surface area contributed by atoms with Gasteiger partial charge in [-0.25, -0.2) is 4.39 Å². The zero-order valence-corrected chi connectivity index (χ0v) is 20.9. The predicted molar refractivity (Wildman–Crippen MR) is 134 cm³/mol. The number of nitrogens with one attached hydrogen (secondary N) is 3. The topological polar surface area (TPSA) is 106 Å². The van der Waals surface area contributed by atoms with Crippen LogP contribution in [0.1, 0.15) is 52.4 Å². The summed E-state index contributed by atoms with van der Waals surface area (Å²) in [5, 5.41) is 10.8. The third-order valence-electron chi connectivity index (χ3n) is 6.78. The van der Waals surface area contributed by atoms with E-state index in [4.69, 9.17) is 0 Å². The number of amidine groups is 1. The first-order chi connectivity index (χ1) is 16.9. The smallest absolute Gasteiger partial charge is 0.234 e.